The topological polar surface area (TPSA) is 63.9 Å². The van der Waals surface area contributed by atoms with Gasteiger partial charge < -0.3 is 14.2 Å². The van der Waals surface area contributed by atoms with Crippen LogP contribution < -0.4 is 4.74 Å². The lowest BCUT2D eigenvalue weighted by atomic mass is 9.93. The minimum atomic E-state index is 0.493. The number of hydrogen-bond acceptors (Lipinski definition) is 4. The average Bonchev–Trinajstić information content (AvgIpc) is 3.29. The van der Waals surface area contributed by atoms with E-state index in [4.69, 9.17) is 9.26 Å². The van der Waals surface area contributed by atoms with E-state index in [1.807, 2.05) is 13.8 Å². The number of ether oxygens (including phenoxy) is 1. The molecule has 2 aromatic heterocycles. The molecule has 1 N–H and O–H groups in total. The molecule has 0 bridgehead atoms. The molecule has 138 valence electrons. The van der Waals surface area contributed by atoms with E-state index in [-0.39, 0.29) is 0 Å². The molecule has 0 spiro atoms. The number of imidazole rings is 1. The molecule has 0 amide bonds. The van der Waals surface area contributed by atoms with Gasteiger partial charge in [0.05, 0.1) is 18.3 Å². The second-order valence-electron chi connectivity index (χ2n) is 6.89. The van der Waals surface area contributed by atoms with Gasteiger partial charge in [-0.15, -0.1) is 0 Å². The zero-order chi connectivity index (χ0) is 19.3. The highest BCUT2D eigenvalue weighted by molar-refractivity contribution is 6.05. The van der Waals surface area contributed by atoms with Crippen LogP contribution >= 0.6 is 0 Å². The maximum Gasteiger partial charge on any atom is 0.294 e. The van der Waals surface area contributed by atoms with E-state index in [9.17, 15) is 0 Å². The third-order valence-corrected chi connectivity index (χ3v) is 5.16. The van der Waals surface area contributed by atoms with Crippen molar-refractivity contribution in [1.29, 1.82) is 0 Å². The van der Waals surface area contributed by atoms with Crippen LogP contribution in [0.4, 0.5) is 0 Å². The van der Waals surface area contributed by atoms with Gasteiger partial charge in [-0.3, -0.25) is 0 Å². The summed E-state index contributed by atoms with van der Waals surface area (Å²) in [6.07, 6.45) is 0. The van der Waals surface area contributed by atoms with Crippen molar-refractivity contribution >= 4 is 21.8 Å². The van der Waals surface area contributed by atoms with Crippen LogP contribution in [-0.2, 0) is 0 Å². The molecular formula is C23H19N3O2. The summed E-state index contributed by atoms with van der Waals surface area (Å²) in [4.78, 5) is 7.93. The first-order valence-corrected chi connectivity index (χ1v) is 9.15. The third-order valence-electron chi connectivity index (χ3n) is 5.16. The van der Waals surface area contributed by atoms with E-state index in [2.05, 4.69) is 69.7 Å². The molecule has 0 saturated carbocycles. The summed E-state index contributed by atoms with van der Waals surface area (Å²) in [5, 5.41) is 6.50. The maximum atomic E-state index is 5.40. The number of nitrogens with zero attached hydrogens (tertiary/aromatic N) is 2. The average molecular weight is 369 g/mol. The second kappa shape index (κ2) is 6.23. The van der Waals surface area contributed by atoms with Gasteiger partial charge in [-0.25, -0.2) is 0 Å². The molecule has 28 heavy (non-hydrogen) atoms. The summed E-state index contributed by atoms with van der Waals surface area (Å²) in [5.74, 6) is 0.798. The van der Waals surface area contributed by atoms with Gasteiger partial charge in [0.1, 0.15) is 11.3 Å². The van der Waals surface area contributed by atoms with Crippen LogP contribution in [-0.4, -0.2) is 22.2 Å². The first-order chi connectivity index (χ1) is 13.7. The highest BCUT2D eigenvalue weighted by Gasteiger charge is 2.18. The Morgan fingerprint density at radius 1 is 0.964 bits per heavy atom. The number of aromatic nitrogens is 3. The summed E-state index contributed by atoms with van der Waals surface area (Å²) < 4.78 is 10.8. The standard InChI is InChI=1S/C23H19N3O2/c1-13-21(14(2)28-26-13)16-11-19(22-20(12-16)24-23(25-22)27-3)18-10-6-8-15-7-4-5-9-17(15)18/h4-12H,1-3H3,(H,24,25). The highest BCUT2D eigenvalue weighted by atomic mass is 16.5. The minimum absolute atomic E-state index is 0.493. The van der Waals surface area contributed by atoms with Crippen molar-refractivity contribution in [2.75, 3.05) is 7.11 Å². The zero-order valence-corrected chi connectivity index (χ0v) is 15.9. The van der Waals surface area contributed by atoms with Crippen LogP contribution in [0.2, 0.25) is 0 Å². The molecule has 0 radical (unpaired) electrons. The summed E-state index contributed by atoms with van der Waals surface area (Å²) in [7, 11) is 1.62. The van der Waals surface area contributed by atoms with E-state index in [1.165, 1.54) is 10.8 Å². The fourth-order valence-corrected chi connectivity index (χ4v) is 3.90. The molecular weight excluding hydrogens is 350 g/mol. The van der Waals surface area contributed by atoms with E-state index in [1.54, 1.807) is 7.11 Å². The van der Waals surface area contributed by atoms with E-state index in [0.717, 1.165) is 44.7 Å². The number of nitrogens with one attached hydrogen (secondary N) is 1. The maximum absolute atomic E-state index is 5.40. The lowest BCUT2D eigenvalue weighted by molar-refractivity contribution is 0.386. The van der Waals surface area contributed by atoms with Crippen LogP contribution in [0.25, 0.3) is 44.1 Å². The smallest absolute Gasteiger partial charge is 0.294 e. The number of aromatic amines is 1. The number of fused-ring (bicyclic) bond motifs is 2. The number of aryl methyl sites for hydroxylation is 2. The molecule has 0 saturated heterocycles. The van der Waals surface area contributed by atoms with Crippen molar-refractivity contribution < 1.29 is 9.26 Å². The molecule has 0 aliphatic carbocycles. The molecule has 5 aromatic rings. The Kier molecular flexibility index (Phi) is 3.69. The summed E-state index contributed by atoms with van der Waals surface area (Å²) >= 11 is 0. The monoisotopic (exact) mass is 369 g/mol. The van der Waals surface area contributed by atoms with Gasteiger partial charge in [0.15, 0.2) is 0 Å². The van der Waals surface area contributed by atoms with E-state index >= 15 is 0 Å². The van der Waals surface area contributed by atoms with E-state index in [0.29, 0.717) is 6.01 Å². The Morgan fingerprint density at radius 2 is 1.79 bits per heavy atom. The Morgan fingerprint density at radius 3 is 2.57 bits per heavy atom. The summed E-state index contributed by atoms with van der Waals surface area (Å²) in [6.45, 7) is 3.89. The first-order valence-electron chi connectivity index (χ1n) is 9.15. The predicted molar refractivity (Wildman–Crippen MR) is 111 cm³/mol. The molecule has 3 aromatic carbocycles. The van der Waals surface area contributed by atoms with Gasteiger partial charge >= 0.3 is 0 Å². The lowest BCUT2D eigenvalue weighted by Gasteiger charge is -2.10. The van der Waals surface area contributed by atoms with Crippen molar-refractivity contribution in [2.45, 2.75) is 13.8 Å². The SMILES string of the molecule is COc1nc2c(-c3cccc4ccccc34)cc(-c3c(C)noc3C)cc2[nH]1. The second-order valence-corrected chi connectivity index (χ2v) is 6.89. The van der Waals surface area contributed by atoms with Crippen molar-refractivity contribution in [3.63, 3.8) is 0 Å². The molecule has 0 fully saturated rings. The van der Waals surface area contributed by atoms with Crippen LogP contribution in [0.1, 0.15) is 11.5 Å². The molecule has 0 aliphatic rings. The highest BCUT2D eigenvalue weighted by Crippen LogP contribution is 2.38. The fraction of sp³-hybridized carbons (Fsp3) is 0.130. The predicted octanol–water partition coefficient (Wildman–Crippen LogP) is 5.66. The summed E-state index contributed by atoms with van der Waals surface area (Å²) in [6, 6.07) is 19.5. The zero-order valence-electron chi connectivity index (χ0n) is 15.9. The van der Waals surface area contributed by atoms with Crippen molar-refractivity contribution in [3.8, 4) is 28.3 Å². The van der Waals surface area contributed by atoms with Crippen LogP contribution in [0, 0.1) is 13.8 Å². The Hall–Kier alpha value is -3.60. The van der Waals surface area contributed by atoms with Crippen LogP contribution in [0.3, 0.4) is 0 Å². The number of rotatable bonds is 3. The van der Waals surface area contributed by atoms with Gasteiger partial charge in [0.25, 0.3) is 6.01 Å². The van der Waals surface area contributed by atoms with Gasteiger partial charge in [-0.1, -0.05) is 47.6 Å². The number of hydrogen-bond donors (Lipinski definition) is 1. The summed E-state index contributed by atoms with van der Waals surface area (Å²) in [5.41, 5.74) is 6.89. The number of methoxy groups -OCH3 is 1. The van der Waals surface area contributed by atoms with E-state index < -0.39 is 0 Å². The molecule has 0 aliphatic heterocycles. The van der Waals surface area contributed by atoms with Crippen LogP contribution in [0.15, 0.2) is 59.1 Å². The quantitative estimate of drug-likeness (QED) is 0.445. The van der Waals surface area contributed by atoms with Crippen LogP contribution in [0.5, 0.6) is 6.01 Å². The molecule has 2 heterocycles. The Bertz CT molecular complexity index is 1310. The minimum Gasteiger partial charge on any atom is -0.468 e. The lowest BCUT2D eigenvalue weighted by Crippen LogP contribution is -1.88. The molecule has 5 rings (SSSR count). The van der Waals surface area contributed by atoms with Gasteiger partial charge in [-0.05, 0) is 47.9 Å². The number of benzene rings is 3. The van der Waals surface area contributed by atoms with Gasteiger partial charge in [0.2, 0.25) is 0 Å². The van der Waals surface area contributed by atoms with Crippen molar-refractivity contribution in [3.05, 3.63) is 66.1 Å². The molecule has 5 heteroatoms. The van der Waals surface area contributed by atoms with Gasteiger partial charge in [-0.2, -0.15) is 4.98 Å². The Balaban J connectivity index is 1.88. The Labute approximate surface area is 162 Å². The normalized spacial score (nSPS) is 11.4. The van der Waals surface area contributed by atoms with Crippen molar-refractivity contribution in [1.82, 2.24) is 15.1 Å². The number of H-pyrrole nitrogens is 1. The largest absolute Gasteiger partial charge is 0.468 e. The third kappa shape index (κ3) is 2.47. The molecule has 0 unspecified atom stereocenters. The first kappa shape index (κ1) is 16.6. The fourth-order valence-electron chi connectivity index (χ4n) is 3.90. The van der Waals surface area contributed by atoms with Crippen molar-refractivity contribution in [2.24, 2.45) is 0 Å². The molecule has 5 nitrogen and oxygen atoms in total. The van der Waals surface area contributed by atoms with Gasteiger partial charge in [0, 0.05) is 11.1 Å². The molecule has 0 atom stereocenters.